The lowest BCUT2D eigenvalue weighted by molar-refractivity contribution is 0.100. The van der Waals surface area contributed by atoms with Crippen LogP contribution in [0.4, 0.5) is 0 Å². The third-order valence-corrected chi connectivity index (χ3v) is 3.03. The van der Waals surface area contributed by atoms with E-state index in [1.54, 1.807) is 17.4 Å². The average molecular weight is 191 g/mol. The molecule has 2 aromatic rings. The quantitative estimate of drug-likeness (QED) is 0.738. The summed E-state index contributed by atoms with van der Waals surface area (Å²) < 4.78 is 0.993. The van der Waals surface area contributed by atoms with Crippen LogP contribution < -0.4 is 5.73 Å². The number of primary amides is 1. The van der Waals surface area contributed by atoms with Crippen LogP contribution in [0.3, 0.4) is 0 Å². The van der Waals surface area contributed by atoms with Gasteiger partial charge in [-0.2, -0.15) is 0 Å². The summed E-state index contributed by atoms with van der Waals surface area (Å²) in [6.07, 6.45) is 0. The summed E-state index contributed by atoms with van der Waals surface area (Å²) in [4.78, 5) is 12.3. The van der Waals surface area contributed by atoms with E-state index in [2.05, 4.69) is 6.07 Å². The number of fused-ring (bicyclic) bond motifs is 1. The predicted octanol–water partition coefficient (Wildman–Crippen LogP) is 2.31. The minimum atomic E-state index is -0.354. The molecule has 2 rings (SSSR count). The predicted molar refractivity (Wildman–Crippen MR) is 55.1 cm³/mol. The first kappa shape index (κ1) is 8.26. The standard InChI is InChI=1S/C10H9NOS/c1-6-5-7-3-2-4-8(10(11)12)9(7)13-6/h2-5H,1H3,(H2,11,12). The number of carbonyl (C=O) groups excluding carboxylic acids is 1. The zero-order valence-corrected chi connectivity index (χ0v) is 8.02. The van der Waals surface area contributed by atoms with Gasteiger partial charge in [-0.05, 0) is 24.4 Å². The van der Waals surface area contributed by atoms with Crippen molar-refractivity contribution in [2.24, 2.45) is 5.73 Å². The van der Waals surface area contributed by atoms with Gasteiger partial charge < -0.3 is 5.73 Å². The van der Waals surface area contributed by atoms with Crippen molar-refractivity contribution >= 4 is 27.3 Å². The second kappa shape index (κ2) is 2.85. The number of hydrogen-bond acceptors (Lipinski definition) is 2. The molecule has 0 spiro atoms. The number of benzene rings is 1. The molecule has 0 radical (unpaired) electrons. The van der Waals surface area contributed by atoms with Gasteiger partial charge >= 0.3 is 0 Å². The molecule has 3 heteroatoms. The van der Waals surface area contributed by atoms with Crippen LogP contribution in [0, 0.1) is 6.92 Å². The highest BCUT2D eigenvalue weighted by Crippen LogP contribution is 2.27. The summed E-state index contributed by atoms with van der Waals surface area (Å²) in [6, 6.07) is 7.67. The molecule has 0 bridgehead atoms. The van der Waals surface area contributed by atoms with Crippen LogP contribution in [0.2, 0.25) is 0 Å². The number of hydrogen-bond donors (Lipinski definition) is 1. The molecule has 2 N–H and O–H groups in total. The SMILES string of the molecule is Cc1cc2cccc(C(N)=O)c2s1. The molecule has 1 amide bonds. The Hall–Kier alpha value is -1.35. The van der Waals surface area contributed by atoms with Gasteiger partial charge in [-0.25, -0.2) is 0 Å². The maximum absolute atomic E-state index is 11.1. The molecule has 0 aliphatic heterocycles. The molecule has 0 aliphatic carbocycles. The Kier molecular flexibility index (Phi) is 1.81. The highest BCUT2D eigenvalue weighted by Gasteiger charge is 2.07. The van der Waals surface area contributed by atoms with E-state index in [4.69, 9.17) is 5.73 Å². The van der Waals surface area contributed by atoms with E-state index in [1.165, 1.54) is 4.88 Å². The van der Waals surface area contributed by atoms with E-state index < -0.39 is 0 Å². The fourth-order valence-electron chi connectivity index (χ4n) is 1.39. The van der Waals surface area contributed by atoms with Crippen LogP contribution >= 0.6 is 11.3 Å². The highest BCUT2D eigenvalue weighted by molar-refractivity contribution is 7.19. The van der Waals surface area contributed by atoms with E-state index in [0.717, 1.165) is 10.1 Å². The van der Waals surface area contributed by atoms with Gasteiger partial charge in [0.05, 0.1) is 5.56 Å². The molecule has 1 heterocycles. The monoisotopic (exact) mass is 191 g/mol. The maximum atomic E-state index is 11.1. The third kappa shape index (κ3) is 1.31. The third-order valence-electron chi connectivity index (χ3n) is 1.93. The van der Waals surface area contributed by atoms with Gasteiger partial charge in [0.2, 0.25) is 5.91 Å². The Balaban J connectivity index is 2.82. The van der Waals surface area contributed by atoms with Crippen LogP contribution in [-0.4, -0.2) is 5.91 Å². The van der Waals surface area contributed by atoms with E-state index in [-0.39, 0.29) is 5.91 Å². The zero-order chi connectivity index (χ0) is 9.42. The summed E-state index contributed by atoms with van der Waals surface area (Å²) in [5.74, 6) is -0.354. The normalized spacial score (nSPS) is 10.5. The van der Waals surface area contributed by atoms with E-state index in [9.17, 15) is 4.79 Å². The molecule has 0 fully saturated rings. The number of nitrogens with two attached hydrogens (primary N) is 1. The molecule has 1 aromatic carbocycles. The van der Waals surface area contributed by atoms with Crippen molar-refractivity contribution in [3.8, 4) is 0 Å². The zero-order valence-electron chi connectivity index (χ0n) is 7.20. The molecular formula is C10H9NOS. The fraction of sp³-hybridized carbons (Fsp3) is 0.100. The second-order valence-electron chi connectivity index (χ2n) is 2.95. The summed E-state index contributed by atoms with van der Waals surface area (Å²) in [5, 5.41) is 1.10. The topological polar surface area (TPSA) is 43.1 Å². The summed E-state index contributed by atoms with van der Waals surface area (Å²) in [6.45, 7) is 2.02. The summed E-state index contributed by atoms with van der Waals surface area (Å²) >= 11 is 1.61. The smallest absolute Gasteiger partial charge is 0.250 e. The first-order valence-electron chi connectivity index (χ1n) is 3.97. The van der Waals surface area contributed by atoms with E-state index in [0.29, 0.717) is 5.56 Å². The van der Waals surface area contributed by atoms with Crippen LogP contribution in [-0.2, 0) is 0 Å². The minimum absolute atomic E-state index is 0.354. The van der Waals surface area contributed by atoms with Crippen LogP contribution in [0.25, 0.3) is 10.1 Å². The van der Waals surface area contributed by atoms with Gasteiger partial charge in [-0.15, -0.1) is 11.3 Å². The molecule has 13 heavy (non-hydrogen) atoms. The second-order valence-corrected chi connectivity index (χ2v) is 4.20. The van der Waals surface area contributed by atoms with Crippen molar-refractivity contribution in [3.05, 3.63) is 34.7 Å². The van der Waals surface area contributed by atoms with Crippen LogP contribution in [0.15, 0.2) is 24.3 Å². The van der Waals surface area contributed by atoms with Crippen molar-refractivity contribution in [1.29, 1.82) is 0 Å². The van der Waals surface area contributed by atoms with Crippen molar-refractivity contribution < 1.29 is 4.79 Å². The largest absolute Gasteiger partial charge is 0.366 e. The molecule has 1 aromatic heterocycles. The number of thiophene rings is 1. The Labute approximate surface area is 80.0 Å². The lowest BCUT2D eigenvalue weighted by atomic mass is 10.1. The fourth-order valence-corrected chi connectivity index (χ4v) is 2.42. The van der Waals surface area contributed by atoms with Crippen LogP contribution in [0.5, 0.6) is 0 Å². The Morgan fingerprint density at radius 3 is 2.92 bits per heavy atom. The molecule has 0 unspecified atom stereocenters. The molecule has 2 nitrogen and oxygen atoms in total. The Morgan fingerprint density at radius 2 is 2.23 bits per heavy atom. The maximum Gasteiger partial charge on any atom is 0.250 e. The molecule has 66 valence electrons. The van der Waals surface area contributed by atoms with Gasteiger partial charge in [0.1, 0.15) is 0 Å². The van der Waals surface area contributed by atoms with Gasteiger partial charge in [0.15, 0.2) is 0 Å². The first-order chi connectivity index (χ1) is 6.18. The minimum Gasteiger partial charge on any atom is -0.366 e. The van der Waals surface area contributed by atoms with Gasteiger partial charge in [0, 0.05) is 9.58 Å². The number of carbonyl (C=O) groups is 1. The molecule has 0 aliphatic rings. The van der Waals surface area contributed by atoms with Crippen LogP contribution in [0.1, 0.15) is 15.2 Å². The van der Waals surface area contributed by atoms with Crippen molar-refractivity contribution in [3.63, 3.8) is 0 Å². The highest BCUT2D eigenvalue weighted by atomic mass is 32.1. The molecule has 0 saturated heterocycles. The van der Waals surface area contributed by atoms with Gasteiger partial charge in [0.25, 0.3) is 0 Å². The Morgan fingerprint density at radius 1 is 1.46 bits per heavy atom. The lowest BCUT2D eigenvalue weighted by Gasteiger charge is -1.95. The van der Waals surface area contributed by atoms with Gasteiger partial charge in [-0.1, -0.05) is 12.1 Å². The number of amides is 1. The van der Waals surface area contributed by atoms with Crippen molar-refractivity contribution in [2.45, 2.75) is 6.92 Å². The van der Waals surface area contributed by atoms with Crippen molar-refractivity contribution in [1.82, 2.24) is 0 Å². The summed E-state index contributed by atoms with van der Waals surface area (Å²) in [7, 11) is 0. The number of aryl methyl sites for hydroxylation is 1. The average Bonchev–Trinajstić information content (AvgIpc) is 2.43. The van der Waals surface area contributed by atoms with E-state index in [1.807, 2.05) is 19.1 Å². The molecular weight excluding hydrogens is 182 g/mol. The first-order valence-corrected chi connectivity index (χ1v) is 4.79. The van der Waals surface area contributed by atoms with Crippen molar-refractivity contribution in [2.75, 3.05) is 0 Å². The van der Waals surface area contributed by atoms with Gasteiger partial charge in [-0.3, -0.25) is 4.79 Å². The molecule has 0 atom stereocenters. The molecule has 0 saturated carbocycles. The summed E-state index contributed by atoms with van der Waals surface area (Å²) in [5.41, 5.74) is 5.88. The number of rotatable bonds is 1. The lowest BCUT2D eigenvalue weighted by Crippen LogP contribution is -2.10. The Bertz CT molecular complexity index is 473. The van der Waals surface area contributed by atoms with E-state index >= 15 is 0 Å².